The fraction of sp³-hybridized carbons (Fsp3) is 0.733. The van der Waals surface area contributed by atoms with Crippen LogP contribution in [0, 0.1) is 5.92 Å². The van der Waals surface area contributed by atoms with Crippen LogP contribution in [0.3, 0.4) is 0 Å². The summed E-state index contributed by atoms with van der Waals surface area (Å²) < 4.78 is 5.25. The SMILES string of the molecule is COCCN(c1cc(NN)nc(C(C)C)n1)C(C)C1CC1. The van der Waals surface area contributed by atoms with E-state index in [0.717, 1.165) is 24.1 Å². The molecular weight excluding hydrogens is 266 g/mol. The second-order valence-corrected chi connectivity index (χ2v) is 6.03. The van der Waals surface area contributed by atoms with E-state index in [2.05, 4.69) is 36.1 Å². The summed E-state index contributed by atoms with van der Waals surface area (Å²) in [7, 11) is 1.73. The normalized spacial score (nSPS) is 16.1. The van der Waals surface area contributed by atoms with E-state index >= 15 is 0 Å². The number of hydrogen-bond donors (Lipinski definition) is 2. The highest BCUT2D eigenvalue weighted by Crippen LogP contribution is 2.36. The molecule has 1 aromatic rings. The Kier molecular flexibility index (Phi) is 5.36. The van der Waals surface area contributed by atoms with Gasteiger partial charge < -0.3 is 15.1 Å². The third-order valence-electron chi connectivity index (χ3n) is 4.02. The third-order valence-corrected chi connectivity index (χ3v) is 4.02. The van der Waals surface area contributed by atoms with Gasteiger partial charge in [-0.3, -0.25) is 0 Å². The average molecular weight is 293 g/mol. The van der Waals surface area contributed by atoms with E-state index in [1.54, 1.807) is 7.11 Å². The lowest BCUT2D eigenvalue weighted by atomic mass is 10.1. The Morgan fingerprint density at radius 2 is 2.10 bits per heavy atom. The summed E-state index contributed by atoms with van der Waals surface area (Å²) in [5.74, 6) is 8.97. The van der Waals surface area contributed by atoms with Crippen LogP contribution in [0.2, 0.25) is 0 Å². The van der Waals surface area contributed by atoms with Gasteiger partial charge in [0.25, 0.3) is 0 Å². The molecule has 1 atom stereocenters. The smallest absolute Gasteiger partial charge is 0.145 e. The van der Waals surface area contributed by atoms with Crippen molar-refractivity contribution < 1.29 is 4.74 Å². The number of hydrazine groups is 1. The van der Waals surface area contributed by atoms with Crippen LogP contribution >= 0.6 is 0 Å². The molecule has 0 spiro atoms. The lowest BCUT2D eigenvalue weighted by Crippen LogP contribution is -2.38. The molecule has 0 saturated heterocycles. The maximum Gasteiger partial charge on any atom is 0.145 e. The van der Waals surface area contributed by atoms with Crippen LogP contribution in [0.15, 0.2) is 6.07 Å². The Bertz CT molecular complexity index is 461. The lowest BCUT2D eigenvalue weighted by molar-refractivity contribution is 0.202. The second-order valence-electron chi connectivity index (χ2n) is 6.03. The predicted octanol–water partition coefficient (Wildman–Crippen LogP) is 2.14. The van der Waals surface area contributed by atoms with E-state index in [4.69, 9.17) is 15.6 Å². The van der Waals surface area contributed by atoms with Crippen molar-refractivity contribution in [3.8, 4) is 0 Å². The molecule has 0 bridgehead atoms. The van der Waals surface area contributed by atoms with E-state index < -0.39 is 0 Å². The minimum absolute atomic E-state index is 0.262. The van der Waals surface area contributed by atoms with Gasteiger partial charge in [0.05, 0.1) is 6.61 Å². The van der Waals surface area contributed by atoms with E-state index in [1.165, 1.54) is 12.8 Å². The quantitative estimate of drug-likeness (QED) is 0.565. The van der Waals surface area contributed by atoms with Gasteiger partial charge in [-0.2, -0.15) is 0 Å². The molecule has 118 valence electrons. The van der Waals surface area contributed by atoms with Crippen LogP contribution in [0.5, 0.6) is 0 Å². The molecule has 2 rings (SSSR count). The summed E-state index contributed by atoms with van der Waals surface area (Å²) in [5.41, 5.74) is 2.65. The van der Waals surface area contributed by atoms with Crippen molar-refractivity contribution in [1.82, 2.24) is 9.97 Å². The van der Waals surface area contributed by atoms with Crippen molar-refractivity contribution in [2.75, 3.05) is 30.6 Å². The minimum atomic E-state index is 0.262. The first-order chi connectivity index (χ1) is 10.1. The minimum Gasteiger partial charge on any atom is -0.383 e. The Labute approximate surface area is 127 Å². The maximum absolute atomic E-state index is 5.55. The lowest BCUT2D eigenvalue weighted by Gasteiger charge is -2.31. The molecule has 0 aromatic carbocycles. The van der Waals surface area contributed by atoms with E-state index in [-0.39, 0.29) is 5.92 Å². The van der Waals surface area contributed by atoms with Crippen molar-refractivity contribution in [1.29, 1.82) is 0 Å². The van der Waals surface area contributed by atoms with Gasteiger partial charge in [0.2, 0.25) is 0 Å². The Morgan fingerprint density at radius 3 is 2.62 bits per heavy atom. The van der Waals surface area contributed by atoms with Gasteiger partial charge >= 0.3 is 0 Å². The summed E-state index contributed by atoms with van der Waals surface area (Å²) in [6.45, 7) is 7.95. The molecule has 1 aliphatic carbocycles. The molecule has 1 fully saturated rings. The van der Waals surface area contributed by atoms with Crippen LogP contribution < -0.4 is 16.2 Å². The summed E-state index contributed by atoms with van der Waals surface area (Å²) in [5, 5.41) is 0. The molecule has 3 N–H and O–H groups in total. The van der Waals surface area contributed by atoms with E-state index in [9.17, 15) is 0 Å². The standard InChI is InChI=1S/C15H27N5O/c1-10(2)15-17-13(19-16)9-14(18-15)20(7-8-21-4)11(3)12-5-6-12/h9-12H,5-8,16H2,1-4H3,(H,17,18,19). The molecule has 1 aromatic heterocycles. The number of methoxy groups -OCH3 is 1. The van der Waals surface area contributed by atoms with Crippen molar-refractivity contribution in [3.63, 3.8) is 0 Å². The molecule has 1 saturated carbocycles. The summed E-state index contributed by atoms with van der Waals surface area (Å²) in [6, 6.07) is 2.38. The monoisotopic (exact) mass is 293 g/mol. The van der Waals surface area contributed by atoms with Crippen LogP contribution in [-0.4, -0.2) is 36.3 Å². The van der Waals surface area contributed by atoms with Crippen LogP contribution in [-0.2, 0) is 4.74 Å². The average Bonchev–Trinajstić information content (AvgIpc) is 3.31. The van der Waals surface area contributed by atoms with Crippen LogP contribution in [0.25, 0.3) is 0 Å². The Balaban J connectivity index is 2.30. The first-order valence-electron chi connectivity index (χ1n) is 7.68. The van der Waals surface area contributed by atoms with Crippen molar-refractivity contribution in [2.45, 2.75) is 45.6 Å². The molecule has 1 heterocycles. The van der Waals surface area contributed by atoms with Gasteiger partial charge in [-0.1, -0.05) is 13.8 Å². The molecule has 1 unspecified atom stereocenters. The molecule has 6 nitrogen and oxygen atoms in total. The van der Waals surface area contributed by atoms with Crippen molar-refractivity contribution in [3.05, 3.63) is 11.9 Å². The Hall–Kier alpha value is -1.40. The fourth-order valence-electron chi connectivity index (χ4n) is 2.48. The topological polar surface area (TPSA) is 76.3 Å². The van der Waals surface area contributed by atoms with Gasteiger partial charge in [-0.25, -0.2) is 15.8 Å². The highest BCUT2D eigenvalue weighted by molar-refractivity contribution is 5.50. The number of nitrogens with two attached hydrogens (primary N) is 1. The highest BCUT2D eigenvalue weighted by Gasteiger charge is 2.33. The van der Waals surface area contributed by atoms with E-state index in [0.29, 0.717) is 18.5 Å². The molecule has 0 radical (unpaired) electrons. The third kappa shape index (κ3) is 4.04. The van der Waals surface area contributed by atoms with Crippen LogP contribution in [0.1, 0.15) is 45.4 Å². The number of nitrogen functional groups attached to an aromatic ring is 1. The fourth-order valence-corrected chi connectivity index (χ4v) is 2.48. The summed E-state index contributed by atoms with van der Waals surface area (Å²) in [4.78, 5) is 11.5. The second kappa shape index (κ2) is 7.04. The maximum atomic E-state index is 5.55. The first-order valence-corrected chi connectivity index (χ1v) is 7.68. The van der Waals surface area contributed by atoms with Gasteiger partial charge in [-0.15, -0.1) is 0 Å². The van der Waals surface area contributed by atoms with Gasteiger partial charge in [0, 0.05) is 31.7 Å². The van der Waals surface area contributed by atoms with Gasteiger partial charge in [0.1, 0.15) is 17.5 Å². The first kappa shape index (κ1) is 16.0. The summed E-state index contributed by atoms with van der Waals surface area (Å²) in [6.07, 6.45) is 2.60. The van der Waals surface area contributed by atoms with Gasteiger partial charge in [-0.05, 0) is 25.7 Å². The van der Waals surface area contributed by atoms with Crippen molar-refractivity contribution in [2.24, 2.45) is 11.8 Å². The predicted molar refractivity (Wildman–Crippen MR) is 85.3 cm³/mol. The largest absolute Gasteiger partial charge is 0.383 e. The number of aromatic nitrogens is 2. The zero-order chi connectivity index (χ0) is 15.4. The van der Waals surface area contributed by atoms with Gasteiger partial charge in [0.15, 0.2) is 0 Å². The number of anilines is 2. The Morgan fingerprint density at radius 1 is 1.38 bits per heavy atom. The van der Waals surface area contributed by atoms with Crippen molar-refractivity contribution >= 4 is 11.6 Å². The van der Waals surface area contributed by atoms with Crippen LogP contribution in [0.4, 0.5) is 11.6 Å². The number of ether oxygens (including phenoxy) is 1. The molecule has 0 amide bonds. The molecule has 1 aliphatic rings. The number of hydrogen-bond acceptors (Lipinski definition) is 6. The van der Waals surface area contributed by atoms with E-state index in [1.807, 2.05) is 6.07 Å². The molecule has 21 heavy (non-hydrogen) atoms. The zero-order valence-electron chi connectivity index (χ0n) is 13.5. The molecular formula is C15H27N5O. The zero-order valence-corrected chi connectivity index (χ0v) is 13.5. The number of nitrogens with one attached hydrogen (secondary N) is 1. The highest BCUT2D eigenvalue weighted by atomic mass is 16.5. The number of rotatable bonds is 8. The molecule has 6 heteroatoms. The summed E-state index contributed by atoms with van der Waals surface area (Å²) >= 11 is 0. The number of nitrogens with zero attached hydrogens (tertiary/aromatic N) is 3. The molecule has 0 aliphatic heterocycles.